The average Bonchev–Trinajstić information content (AvgIpc) is 2.46. The molecule has 0 fully saturated rings. The second kappa shape index (κ2) is 7.54. The summed E-state index contributed by atoms with van der Waals surface area (Å²) < 4.78 is 31.2. The molecule has 0 saturated carbocycles. The molecule has 0 heterocycles. The number of sulfonamides is 1. The van der Waals surface area contributed by atoms with Gasteiger partial charge in [-0.25, -0.2) is 13.2 Å². The van der Waals surface area contributed by atoms with E-state index in [0.717, 1.165) is 0 Å². The van der Waals surface area contributed by atoms with Crippen molar-refractivity contribution < 1.29 is 17.9 Å². The molecule has 0 bridgehead atoms. The van der Waals surface area contributed by atoms with Crippen LogP contribution in [0.3, 0.4) is 0 Å². The van der Waals surface area contributed by atoms with Crippen molar-refractivity contribution in [3.8, 4) is 6.07 Å². The predicted octanol–water partition coefficient (Wildman–Crippen LogP) is 2.16. The fourth-order valence-corrected chi connectivity index (χ4v) is 3.60. The lowest BCUT2D eigenvalue weighted by Gasteiger charge is -2.18. The van der Waals surface area contributed by atoms with Crippen molar-refractivity contribution in [1.29, 1.82) is 5.26 Å². The molecule has 0 N–H and O–H groups in total. The van der Waals surface area contributed by atoms with Gasteiger partial charge in [-0.3, -0.25) is 0 Å². The molecule has 0 aliphatic rings. The molecule has 0 aromatic heterocycles. The van der Waals surface area contributed by atoms with Crippen molar-refractivity contribution in [3.63, 3.8) is 0 Å². The quantitative estimate of drug-likeness (QED) is 0.711. The maximum Gasteiger partial charge on any atom is 0.340 e. The van der Waals surface area contributed by atoms with Crippen LogP contribution in [-0.2, 0) is 14.8 Å². The van der Waals surface area contributed by atoms with Crippen LogP contribution in [0.1, 0.15) is 24.2 Å². The second-order valence-corrected chi connectivity index (χ2v) is 6.76. The van der Waals surface area contributed by atoms with E-state index in [1.165, 1.54) is 22.5 Å². The number of rotatable bonds is 6. The first kappa shape index (κ1) is 17.6. The Hall–Kier alpha value is -1.43. The molecule has 8 heteroatoms. The van der Waals surface area contributed by atoms with Crippen LogP contribution in [0.15, 0.2) is 27.6 Å². The van der Waals surface area contributed by atoms with Gasteiger partial charge in [0.2, 0.25) is 10.0 Å². The van der Waals surface area contributed by atoms with Crippen LogP contribution in [0.5, 0.6) is 0 Å². The van der Waals surface area contributed by atoms with Crippen LogP contribution in [0.2, 0.25) is 0 Å². The van der Waals surface area contributed by atoms with E-state index in [4.69, 9.17) is 10.00 Å². The summed E-state index contributed by atoms with van der Waals surface area (Å²) in [6.07, 6.45) is 0. The minimum atomic E-state index is -3.65. The van der Waals surface area contributed by atoms with Gasteiger partial charge in [0.15, 0.2) is 6.61 Å². The number of hydrogen-bond acceptors (Lipinski definition) is 5. The Balaban J connectivity index is 3.24. The number of carbonyl (C=O) groups is 1. The summed E-state index contributed by atoms with van der Waals surface area (Å²) in [6, 6.07) is 5.82. The minimum absolute atomic E-state index is 0.0123. The zero-order valence-corrected chi connectivity index (χ0v) is 14.1. The van der Waals surface area contributed by atoms with Gasteiger partial charge < -0.3 is 4.74 Å². The summed E-state index contributed by atoms with van der Waals surface area (Å²) in [6.45, 7) is 3.76. The van der Waals surface area contributed by atoms with Crippen LogP contribution in [0.4, 0.5) is 0 Å². The van der Waals surface area contributed by atoms with Gasteiger partial charge in [0.1, 0.15) is 6.07 Å². The number of nitrogens with zero attached hydrogens (tertiary/aromatic N) is 2. The van der Waals surface area contributed by atoms with E-state index in [1.54, 1.807) is 19.9 Å². The first-order chi connectivity index (χ1) is 9.88. The summed E-state index contributed by atoms with van der Waals surface area (Å²) in [5.74, 6) is -0.750. The van der Waals surface area contributed by atoms with Gasteiger partial charge in [-0.05, 0) is 34.1 Å². The normalized spacial score (nSPS) is 11.2. The highest BCUT2D eigenvalue weighted by Crippen LogP contribution is 2.24. The van der Waals surface area contributed by atoms with Gasteiger partial charge in [0, 0.05) is 17.6 Å². The van der Waals surface area contributed by atoms with Crippen molar-refractivity contribution in [2.24, 2.45) is 0 Å². The molecule has 0 unspecified atom stereocenters. The monoisotopic (exact) mass is 374 g/mol. The molecule has 1 rings (SSSR count). The first-order valence-electron chi connectivity index (χ1n) is 6.22. The van der Waals surface area contributed by atoms with Crippen molar-refractivity contribution in [2.45, 2.75) is 18.7 Å². The molecule has 0 aliphatic heterocycles. The number of esters is 1. The fourth-order valence-electron chi connectivity index (χ4n) is 1.71. The lowest BCUT2D eigenvalue weighted by Crippen LogP contribution is -2.30. The summed E-state index contributed by atoms with van der Waals surface area (Å²) >= 11 is 3.17. The van der Waals surface area contributed by atoms with Crippen LogP contribution in [0, 0.1) is 11.3 Å². The standard InChI is InChI=1S/C13H15BrN2O4S/c1-3-16(4-2)21(18,19)10-5-6-12(14)11(9-10)13(17)20-8-7-15/h5-6,9H,3-4,8H2,1-2H3. The highest BCUT2D eigenvalue weighted by Gasteiger charge is 2.24. The smallest absolute Gasteiger partial charge is 0.340 e. The summed E-state index contributed by atoms with van der Waals surface area (Å²) in [4.78, 5) is 11.8. The van der Waals surface area contributed by atoms with E-state index in [1.807, 2.05) is 0 Å². The predicted molar refractivity (Wildman–Crippen MR) is 80.1 cm³/mol. The lowest BCUT2D eigenvalue weighted by molar-refractivity contribution is 0.0553. The molecule has 0 amide bonds. The molecular formula is C13H15BrN2O4S. The summed E-state index contributed by atoms with van der Waals surface area (Å²) in [7, 11) is -3.65. The molecule has 1 aromatic carbocycles. The topological polar surface area (TPSA) is 87.5 Å². The third-order valence-electron chi connectivity index (χ3n) is 2.77. The molecule has 21 heavy (non-hydrogen) atoms. The van der Waals surface area contributed by atoms with E-state index in [2.05, 4.69) is 15.9 Å². The summed E-state index contributed by atoms with van der Waals surface area (Å²) in [5.41, 5.74) is 0.0680. The Kier molecular flexibility index (Phi) is 6.33. The summed E-state index contributed by atoms with van der Waals surface area (Å²) in [5, 5.41) is 8.41. The van der Waals surface area contributed by atoms with Gasteiger partial charge in [-0.15, -0.1) is 0 Å². The number of nitriles is 1. The van der Waals surface area contributed by atoms with E-state index >= 15 is 0 Å². The van der Waals surface area contributed by atoms with E-state index in [-0.39, 0.29) is 10.5 Å². The molecule has 0 aliphatic carbocycles. The van der Waals surface area contributed by atoms with Crippen molar-refractivity contribution >= 4 is 31.9 Å². The molecule has 0 spiro atoms. The molecule has 1 aromatic rings. The Bertz CT molecular complexity index is 663. The highest BCUT2D eigenvalue weighted by atomic mass is 79.9. The molecule has 0 atom stereocenters. The van der Waals surface area contributed by atoms with Crippen molar-refractivity contribution in [2.75, 3.05) is 19.7 Å². The SMILES string of the molecule is CCN(CC)S(=O)(=O)c1ccc(Br)c(C(=O)OCC#N)c1. The maximum absolute atomic E-state index is 12.4. The zero-order chi connectivity index (χ0) is 16.0. The molecule has 6 nitrogen and oxygen atoms in total. The largest absolute Gasteiger partial charge is 0.447 e. The van der Waals surface area contributed by atoms with Gasteiger partial charge in [0.25, 0.3) is 0 Å². The van der Waals surface area contributed by atoms with Gasteiger partial charge in [-0.2, -0.15) is 9.57 Å². The van der Waals surface area contributed by atoms with Gasteiger partial charge in [0.05, 0.1) is 10.5 Å². The Morgan fingerprint density at radius 2 is 2.00 bits per heavy atom. The highest BCUT2D eigenvalue weighted by molar-refractivity contribution is 9.10. The first-order valence-corrected chi connectivity index (χ1v) is 8.45. The van der Waals surface area contributed by atoms with Crippen LogP contribution in [-0.4, -0.2) is 38.4 Å². The number of benzene rings is 1. The minimum Gasteiger partial charge on any atom is -0.447 e. The lowest BCUT2D eigenvalue weighted by atomic mass is 10.2. The third kappa shape index (κ3) is 4.03. The second-order valence-electron chi connectivity index (χ2n) is 3.97. The number of ether oxygens (including phenoxy) is 1. The van der Waals surface area contributed by atoms with Gasteiger partial charge in [-0.1, -0.05) is 13.8 Å². The molecule has 114 valence electrons. The van der Waals surface area contributed by atoms with Crippen molar-refractivity contribution in [1.82, 2.24) is 4.31 Å². The Morgan fingerprint density at radius 1 is 1.38 bits per heavy atom. The van der Waals surface area contributed by atoms with Crippen LogP contribution in [0.25, 0.3) is 0 Å². The average molecular weight is 375 g/mol. The maximum atomic E-state index is 12.4. The third-order valence-corrected chi connectivity index (χ3v) is 5.51. The van der Waals surface area contributed by atoms with Crippen LogP contribution >= 0.6 is 15.9 Å². The van der Waals surface area contributed by atoms with E-state index in [0.29, 0.717) is 17.6 Å². The van der Waals surface area contributed by atoms with Crippen LogP contribution < -0.4 is 0 Å². The van der Waals surface area contributed by atoms with E-state index < -0.39 is 22.6 Å². The molecule has 0 radical (unpaired) electrons. The molecular weight excluding hydrogens is 360 g/mol. The number of carbonyl (C=O) groups excluding carboxylic acids is 1. The number of halogens is 1. The Labute approximate surface area is 132 Å². The number of hydrogen-bond donors (Lipinski definition) is 0. The fraction of sp³-hybridized carbons (Fsp3) is 0.385. The van der Waals surface area contributed by atoms with E-state index in [9.17, 15) is 13.2 Å². The molecule has 0 saturated heterocycles. The van der Waals surface area contributed by atoms with Crippen molar-refractivity contribution in [3.05, 3.63) is 28.2 Å². The van der Waals surface area contributed by atoms with Gasteiger partial charge >= 0.3 is 5.97 Å². The zero-order valence-electron chi connectivity index (χ0n) is 11.7. The Morgan fingerprint density at radius 3 is 2.52 bits per heavy atom.